The summed E-state index contributed by atoms with van der Waals surface area (Å²) in [6.45, 7) is 3.21. The Kier molecular flexibility index (Phi) is 6.15. The summed E-state index contributed by atoms with van der Waals surface area (Å²) in [6.07, 6.45) is -0.0430. The van der Waals surface area contributed by atoms with E-state index in [1.54, 1.807) is 56.3 Å². The summed E-state index contributed by atoms with van der Waals surface area (Å²) in [4.78, 5) is 23.8. The number of carboxylic acids is 1. The number of carbonyl (C=O) groups is 2. The second-order valence-electron chi connectivity index (χ2n) is 6.16. The lowest BCUT2D eigenvalue weighted by Crippen LogP contribution is -2.34. The van der Waals surface area contributed by atoms with Crippen molar-refractivity contribution in [3.63, 3.8) is 0 Å². The molecule has 2 aromatic carbocycles. The van der Waals surface area contributed by atoms with Gasteiger partial charge in [-0.3, -0.25) is 4.79 Å². The number of carboxylic acid groups (broad SMARTS) is 1. The molecular weight excluding hydrogens is 354 g/mol. The fraction of sp³-hybridized carbons (Fsp3) is 0.263. The molecule has 0 aromatic heterocycles. The summed E-state index contributed by atoms with van der Waals surface area (Å²) in [5.41, 5.74) is 1.08. The highest BCUT2D eigenvalue weighted by atomic mass is 32.2. The van der Waals surface area contributed by atoms with Crippen molar-refractivity contribution in [3.05, 3.63) is 65.7 Å². The second-order valence-corrected chi connectivity index (χ2v) is 8.67. The highest BCUT2D eigenvalue weighted by Gasteiger charge is 2.22. The Labute approximate surface area is 152 Å². The third-order valence-corrected chi connectivity index (χ3v) is 6.09. The Morgan fingerprint density at radius 2 is 1.58 bits per heavy atom. The van der Waals surface area contributed by atoms with Crippen LogP contribution in [0.1, 0.15) is 31.0 Å². The quantitative estimate of drug-likeness (QED) is 0.774. The molecule has 0 aliphatic heterocycles. The van der Waals surface area contributed by atoms with Crippen LogP contribution in [0, 0.1) is 0 Å². The van der Waals surface area contributed by atoms with Gasteiger partial charge in [0.25, 0.3) is 0 Å². The van der Waals surface area contributed by atoms with Crippen LogP contribution in [0.5, 0.6) is 0 Å². The monoisotopic (exact) mass is 375 g/mol. The standard InChI is InChI=1S/C19H21NO5S/c1-13(2)26(24,25)16-10-8-14(9-11-16)12-17(21)20-18(19(22)23)15-6-4-3-5-7-15/h3-11,13,18H,12H2,1-2H3,(H,20,21)(H,22,23). The number of amides is 1. The van der Waals surface area contributed by atoms with Crippen molar-refractivity contribution in [2.24, 2.45) is 0 Å². The normalized spacial score (nSPS) is 12.6. The molecule has 0 bridgehead atoms. The maximum atomic E-state index is 12.2. The summed E-state index contributed by atoms with van der Waals surface area (Å²) in [5.74, 6) is -1.61. The van der Waals surface area contributed by atoms with Gasteiger partial charge in [-0.25, -0.2) is 13.2 Å². The maximum absolute atomic E-state index is 12.2. The molecule has 138 valence electrons. The molecule has 1 amide bonds. The minimum Gasteiger partial charge on any atom is -0.479 e. The predicted molar refractivity (Wildman–Crippen MR) is 97.4 cm³/mol. The minimum atomic E-state index is -3.37. The zero-order valence-corrected chi connectivity index (χ0v) is 15.4. The van der Waals surface area contributed by atoms with Gasteiger partial charge in [0.1, 0.15) is 0 Å². The summed E-state index contributed by atoms with van der Waals surface area (Å²) >= 11 is 0. The number of hydrogen-bond donors (Lipinski definition) is 2. The lowest BCUT2D eigenvalue weighted by Gasteiger charge is -2.15. The van der Waals surface area contributed by atoms with Crippen molar-refractivity contribution < 1.29 is 23.1 Å². The summed E-state index contributed by atoms with van der Waals surface area (Å²) in [7, 11) is -3.37. The van der Waals surface area contributed by atoms with Crippen LogP contribution in [0.25, 0.3) is 0 Å². The lowest BCUT2D eigenvalue weighted by atomic mass is 10.1. The number of sulfone groups is 1. The number of rotatable bonds is 7. The van der Waals surface area contributed by atoms with Gasteiger partial charge < -0.3 is 10.4 Å². The largest absolute Gasteiger partial charge is 0.479 e. The van der Waals surface area contributed by atoms with Crippen LogP contribution in [0.2, 0.25) is 0 Å². The average Bonchev–Trinajstić information content (AvgIpc) is 2.60. The number of carbonyl (C=O) groups excluding carboxylic acids is 1. The SMILES string of the molecule is CC(C)S(=O)(=O)c1ccc(CC(=O)NC(C(=O)O)c2ccccc2)cc1. The summed E-state index contributed by atoms with van der Waals surface area (Å²) in [6, 6.07) is 13.3. The molecule has 0 radical (unpaired) electrons. The number of nitrogens with one attached hydrogen (secondary N) is 1. The molecule has 0 aliphatic rings. The lowest BCUT2D eigenvalue weighted by molar-refractivity contribution is -0.141. The van der Waals surface area contributed by atoms with E-state index in [4.69, 9.17) is 0 Å². The molecular formula is C19H21NO5S. The Balaban J connectivity index is 2.09. The molecule has 0 saturated carbocycles. The van der Waals surface area contributed by atoms with Crippen molar-refractivity contribution in [2.45, 2.75) is 36.5 Å². The number of aliphatic carboxylic acids is 1. The first kappa shape index (κ1) is 19.7. The third kappa shape index (κ3) is 4.70. The van der Waals surface area contributed by atoms with Gasteiger partial charge in [0.15, 0.2) is 15.9 Å². The van der Waals surface area contributed by atoms with Gasteiger partial charge in [-0.2, -0.15) is 0 Å². The van der Waals surface area contributed by atoms with E-state index < -0.39 is 33.0 Å². The Morgan fingerprint density at radius 3 is 2.08 bits per heavy atom. The average molecular weight is 375 g/mol. The van der Waals surface area contributed by atoms with Gasteiger partial charge in [-0.05, 0) is 37.1 Å². The van der Waals surface area contributed by atoms with Crippen LogP contribution in [0.4, 0.5) is 0 Å². The second kappa shape index (κ2) is 8.14. The van der Waals surface area contributed by atoms with E-state index in [-0.39, 0.29) is 11.3 Å². The fourth-order valence-electron chi connectivity index (χ4n) is 2.40. The first-order chi connectivity index (χ1) is 12.2. The first-order valence-corrected chi connectivity index (χ1v) is 9.66. The van der Waals surface area contributed by atoms with Crippen molar-refractivity contribution in [1.29, 1.82) is 0 Å². The molecule has 1 unspecified atom stereocenters. The molecule has 2 rings (SSSR count). The zero-order chi connectivity index (χ0) is 19.3. The van der Waals surface area contributed by atoms with Crippen LogP contribution < -0.4 is 5.32 Å². The van der Waals surface area contributed by atoms with Gasteiger partial charge in [-0.1, -0.05) is 42.5 Å². The molecule has 6 nitrogen and oxygen atoms in total. The summed E-state index contributed by atoms with van der Waals surface area (Å²) < 4.78 is 24.2. The topological polar surface area (TPSA) is 101 Å². The van der Waals surface area contributed by atoms with E-state index in [1.807, 2.05) is 0 Å². The van der Waals surface area contributed by atoms with E-state index in [1.165, 1.54) is 12.1 Å². The number of hydrogen-bond acceptors (Lipinski definition) is 4. The number of benzene rings is 2. The van der Waals surface area contributed by atoms with Crippen LogP contribution in [0.3, 0.4) is 0 Å². The molecule has 26 heavy (non-hydrogen) atoms. The molecule has 2 N–H and O–H groups in total. The van der Waals surface area contributed by atoms with Crippen molar-refractivity contribution in [1.82, 2.24) is 5.32 Å². The maximum Gasteiger partial charge on any atom is 0.330 e. The smallest absolute Gasteiger partial charge is 0.330 e. The van der Waals surface area contributed by atoms with E-state index in [0.29, 0.717) is 11.1 Å². The van der Waals surface area contributed by atoms with Gasteiger partial charge >= 0.3 is 5.97 Å². The van der Waals surface area contributed by atoms with Crippen LogP contribution in [0.15, 0.2) is 59.5 Å². The van der Waals surface area contributed by atoms with Gasteiger partial charge in [0, 0.05) is 0 Å². The molecule has 0 saturated heterocycles. The van der Waals surface area contributed by atoms with E-state index in [9.17, 15) is 23.1 Å². The molecule has 0 aliphatic carbocycles. The molecule has 7 heteroatoms. The molecule has 1 atom stereocenters. The zero-order valence-electron chi connectivity index (χ0n) is 14.5. The highest BCUT2D eigenvalue weighted by molar-refractivity contribution is 7.92. The van der Waals surface area contributed by atoms with Crippen LogP contribution in [-0.4, -0.2) is 30.7 Å². The molecule has 0 fully saturated rings. The van der Waals surface area contributed by atoms with Gasteiger partial charge in [0.2, 0.25) is 5.91 Å². The Hall–Kier alpha value is -2.67. The van der Waals surface area contributed by atoms with E-state index >= 15 is 0 Å². The minimum absolute atomic E-state index is 0.0430. The Bertz CT molecular complexity index is 874. The highest BCUT2D eigenvalue weighted by Crippen LogP contribution is 2.17. The molecule has 0 spiro atoms. The van der Waals surface area contributed by atoms with E-state index in [0.717, 1.165) is 0 Å². The predicted octanol–water partition coefficient (Wildman–Crippen LogP) is 2.35. The molecule has 2 aromatic rings. The van der Waals surface area contributed by atoms with Crippen molar-refractivity contribution in [2.75, 3.05) is 0 Å². The third-order valence-electron chi connectivity index (χ3n) is 3.92. The van der Waals surface area contributed by atoms with Crippen LogP contribution in [-0.2, 0) is 25.8 Å². The van der Waals surface area contributed by atoms with Crippen molar-refractivity contribution >= 4 is 21.7 Å². The summed E-state index contributed by atoms with van der Waals surface area (Å²) in [5, 5.41) is 11.3. The van der Waals surface area contributed by atoms with Gasteiger partial charge in [-0.15, -0.1) is 0 Å². The fourth-order valence-corrected chi connectivity index (χ4v) is 3.46. The van der Waals surface area contributed by atoms with Gasteiger partial charge in [0.05, 0.1) is 16.6 Å². The first-order valence-electron chi connectivity index (χ1n) is 8.11. The molecule has 0 heterocycles. The van der Waals surface area contributed by atoms with E-state index in [2.05, 4.69) is 5.32 Å². The Morgan fingerprint density at radius 1 is 1.00 bits per heavy atom. The van der Waals surface area contributed by atoms with Crippen molar-refractivity contribution in [3.8, 4) is 0 Å². The van der Waals surface area contributed by atoms with Crippen LogP contribution >= 0.6 is 0 Å².